The summed E-state index contributed by atoms with van der Waals surface area (Å²) in [5.41, 5.74) is 10.1. The van der Waals surface area contributed by atoms with Crippen molar-refractivity contribution in [1.29, 1.82) is 0 Å². The molecular weight excluding hydrogens is 250 g/mol. The monoisotopic (exact) mass is 277 g/mol. The molecule has 3 heteroatoms. The molecule has 1 fully saturated rings. The second kappa shape index (κ2) is 6.04. The zero-order valence-electron chi connectivity index (χ0n) is 13.2. The Bertz CT molecular complexity index is 476. The molecule has 3 nitrogen and oxygen atoms in total. The maximum atomic E-state index is 6.21. The minimum Gasteiger partial charge on any atom is -0.493 e. The van der Waals surface area contributed by atoms with Gasteiger partial charge in [-0.05, 0) is 43.9 Å². The van der Waals surface area contributed by atoms with Gasteiger partial charge in [0.2, 0.25) is 0 Å². The summed E-state index contributed by atoms with van der Waals surface area (Å²) in [4.78, 5) is 0. The Balaban J connectivity index is 2.66. The standard InChI is InChI=1S/C17H27NO2/c1-12-10-14(19-3)16(20-4)15(13(12)2)17(11-18)8-6-5-7-9-17/h10H,5-9,11,18H2,1-4H3. The van der Waals surface area contributed by atoms with E-state index >= 15 is 0 Å². The molecule has 0 aromatic heterocycles. The van der Waals surface area contributed by atoms with E-state index in [0.717, 1.165) is 24.3 Å². The van der Waals surface area contributed by atoms with Crippen LogP contribution in [0.1, 0.15) is 48.8 Å². The number of hydrogen-bond acceptors (Lipinski definition) is 3. The highest BCUT2D eigenvalue weighted by Crippen LogP contribution is 2.48. The smallest absolute Gasteiger partial charge is 0.164 e. The van der Waals surface area contributed by atoms with E-state index in [-0.39, 0.29) is 5.41 Å². The number of methoxy groups -OCH3 is 2. The first-order chi connectivity index (χ1) is 9.59. The van der Waals surface area contributed by atoms with Crippen molar-refractivity contribution in [1.82, 2.24) is 0 Å². The average molecular weight is 277 g/mol. The number of aryl methyl sites for hydroxylation is 1. The van der Waals surface area contributed by atoms with Crippen molar-refractivity contribution in [3.63, 3.8) is 0 Å². The second-order valence-electron chi connectivity index (χ2n) is 5.97. The van der Waals surface area contributed by atoms with Crippen LogP contribution in [0.25, 0.3) is 0 Å². The summed E-state index contributed by atoms with van der Waals surface area (Å²) < 4.78 is 11.2. The van der Waals surface area contributed by atoms with Crippen molar-refractivity contribution >= 4 is 0 Å². The summed E-state index contributed by atoms with van der Waals surface area (Å²) in [6, 6.07) is 2.06. The molecule has 1 aliphatic rings. The number of ether oxygens (including phenoxy) is 2. The summed E-state index contributed by atoms with van der Waals surface area (Å²) in [7, 11) is 3.43. The summed E-state index contributed by atoms with van der Waals surface area (Å²) in [6.07, 6.45) is 6.10. The van der Waals surface area contributed by atoms with Crippen LogP contribution in [0.5, 0.6) is 11.5 Å². The molecule has 0 saturated heterocycles. The van der Waals surface area contributed by atoms with Crippen LogP contribution in [0, 0.1) is 13.8 Å². The molecule has 0 aliphatic heterocycles. The van der Waals surface area contributed by atoms with Gasteiger partial charge in [0, 0.05) is 17.5 Å². The average Bonchev–Trinajstić information content (AvgIpc) is 2.49. The lowest BCUT2D eigenvalue weighted by Crippen LogP contribution is -2.38. The van der Waals surface area contributed by atoms with E-state index in [4.69, 9.17) is 15.2 Å². The maximum Gasteiger partial charge on any atom is 0.164 e. The predicted octanol–water partition coefficient (Wildman–Crippen LogP) is 3.48. The topological polar surface area (TPSA) is 44.5 Å². The van der Waals surface area contributed by atoms with E-state index < -0.39 is 0 Å². The highest BCUT2D eigenvalue weighted by molar-refractivity contribution is 5.57. The Kier molecular flexibility index (Phi) is 4.59. The van der Waals surface area contributed by atoms with Gasteiger partial charge in [-0.3, -0.25) is 0 Å². The minimum atomic E-state index is 0.0486. The molecule has 0 atom stereocenters. The SMILES string of the molecule is COc1cc(C)c(C)c(C2(CN)CCCCC2)c1OC. The molecule has 0 amide bonds. The Morgan fingerprint density at radius 2 is 1.75 bits per heavy atom. The van der Waals surface area contributed by atoms with Gasteiger partial charge in [0.15, 0.2) is 11.5 Å². The third-order valence-corrected chi connectivity index (χ3v) is 4.92. The second-order valence-corrected chi connectivity index (χ2v) is 5.97. The highest BCUT2D eigenvalue weighted by Gasteiger charge is 2.37. The van der Waals surface area contributed by atoms with E-state index in [9.17, 15) is 0 Å². The van der Waals surface area contributed by atoms with E-state index in [1.165, 1.54) is 36.0 Å². The quantitative estimate of drug-likeness (QED) is 0.916. The van der Waals surface area contributed by atoms with Crippen LogP contribution in [0.4, 0.5) is 0 Å². The van der Waals surface area contributed by atoms with Crippen LogP contribution in [0.15, 0.2) is 6.07 Å². The fourth-order valence-electron chi connectivity index (χ4n) is 3.64. The van der Waals surface area contributed by atoms with Gasteiger partial charge in [0.05, 0.1) is 14.2 Å². The predicted molar refractivity (Wildman–Crippen MR) is 82.8 cm³/mol. The van der Waals surface area contributed by atoms with Crippen molar-refractivity contribution < 1.29 is 9.47 Å². The van der Waals surface area contributed by atoms with Crippen LogP contribution in [0.3, 0.4) is 0 Å². The Morgan fingerprint density at radius 3 is 2.25 bits per heavy atom. The lowest BCUT2D eigenvalue weighted by molar-refractivity contribution is 0.279. The van der Waals surface area contributed by atoms with Crippen molar-refractivity contribution in [2.24, 2.45) is 5.73 Å². The lowest BCUT2D eigenvalue weighted by atomic mass is 9.67. The van der Waals surface area contributed by atoms with Gasteiger partial charge in [-0.25, -0.2) is 0 Å². The van der Waals surface area contributed by atoms with Gasteiger partial charge in [0.1, 0.15) is 0 Å². The summed E-state index contributed by atoms with van der Waals surface area (Å²) in [5.74, 6) is 1.70. The first-order valence-corrected chi connectivity index (χ1v) is 7.52. The molecule has 1 aromatic rings. The maximum absolute atomic E-state index is 6.21. The number of nitrogens with two attached hydrogens (primary N) is 1. The van der Waals surface area contributed by atoms with Crippen LogP contribution in [-0.4, -0.2) is 20.8 Å². The van der Waals surface area contributed by atoms with Gasteiger partial charge in [0.25, 0.3) is 0 Å². The van der Waals surface area contributed by atoms with Crippen molar-refractivity contribution in [3.05, 3.63) is 22.8 Å². The number of rotatable bonds is 4. The molecular formula is C17H27NO2. The third-order valence-electron chi connectivity index (χ3n) is 4.92. The molecule has 1 aromatic carbocycles. The van der Waals surface area contributed by atoms with E-state index in [1.54, 1.807) is 14.2 Å². The van der Waals surface area contributed by atoms with Gasteiger partial charge in [-0.15, -0.1) is 0 Å². The summed E-state index contributed by atoms with van der Waals surface area (Å²) >= 11 is 0. The molecule has 112 valence electrons. The molecule has 2 rings (SSSR count). The first-order valence-electron chi connectivity index (χ1n) is 7.52. The molecule has 0 unspecified atom stereocenters. The fourth-order valence-corrected chi connectivity index (χ4v) is 3.64. The van der Waals surface area contributed by atoms with Crippen molar-refractivity contribution in [3.8, 4) is 11.5 Å². The summed E-state index contributed by atoms with van der Waals surface area (Å²) in [5, 5.41) is 0. The van der Waals surface area contributed by atoms with E-state index in [1.807, 2.05) is 0 Å². The van der Waals surface area contributed by atoms with Crippen LogP contribution < -0.4 is 15.2 Å². The van der Waals surface area contributed by atoms with Crippen LogP contribution in [-0.2, 0) is 5.41 Å². The highest BCUT2D eigenvalue weighted by atomic mass is 16.5. The van der Waals surface area contributed by atoms with Gasteiger partial charge < -0.3 is 15.2 Å². The molecule has 2 N–H and O–H groups in total. The summed E-state index contributed by atoms with van der Waals surface area (Å²) in [6.45, 7) is 4.99. The lowest BCUT2D eigenvalue weighted by Gasteiger charge is -2.39. The molecule has 0 bridgehead atoms. The normalized spacial score (nSPS) is 17.9. The first kappa shape index (κ1) is 15.2. The Morgan fingerprint density at radius 1 is 1.10 bits per heavy atom. The zero-order chi connectivity index (χ0) is 14.8. The van der Waals surface area contributed by atoms with E-state index in [2.05, 4.69) is 19.9 Å². The molecule has 0 heterocycles. The third kappa shape index (κ3) is 2.39. The number of benzene rings is 1. The number of hydrogen-bond donors (Lipinski definition) is 1. The minimum absolute atomic E-state index is 0.0486. The van der Waals surface area contributed by atoms with Crippen molar-refractivity contribution in [2.45, 2.75) is 51.4 Å². The van der Waals surface area contributed by atoms with Crippen molar-refractivity contribution in [2.75, 3.05) is 20.8 Å². The van der Waals surface area contributed by atoms with Gasteiger partial charge in [-0.1, -0.05) is 19.3 Å². The molecule has 1 saturated carbocycles. The molecule has 1 aliphatic carbocycles. The van der Waals surface area contributed by atoms with Crippen LogP contribution in [0.2, 0.25) is 0 Å². The Labute approximate surface area is 122 Å². The fraction of sp³-hybridized carbons (Fsp3) is 0.647. The zero-order valence-corrected chi connectivity index (χ0v) is 13.2. The largest absolute Gasteiger partial charge is 0.493 e. The molecule has 0 radical (unpaired) electrons. The van der Waals surface area contributed by atoms with Gasteiger partial charge in [-0.2, -0.15) is 0 Å². The molecule has 0 spiro atoms. The van der Waals surface area contributed by atoms with E-state index in [0.29, 0.717) is 6.54 Å². The Hall–Kier alpha value is -1.22. The van der Waals surface area contributed by atoms with Crippen LogP contribution >= 0.6 is 0 Å². The van der Waals surface area contributed by atoms with Gasteiger partial charge >= 0.3 is 0 Å². The molecule has 20 heavy (non-hydrogen) atoms.